The van der Waals surface area contributed by atoms with E-state index in [4.69, 9.17) is 0 Å². The molecule has 0 aliphatic carbocycles. The largest absolute Gasteiger partial charge is 0.369 e. The monoisotopic (exact) mass is 443 g/mol. The number of aromatic nitrogens is 4. The van der Waals surface area contributed by atoms with Crippen molar-refractivity contribution in [3.63, 3.8) is 0 Å². The Morgan fingerprint density at radius 1 is 1.33 bits per heavy atom. The standard InChI is InChI=1S/C18H27F2N7O2S/c1-13-7-22-18(24-15-9-23-27(11-15)12-16(19)20)25-17(13)21-8-14-3-4-26(10-14)5-6-30(2,28)29/h7,9,11,14,16H,3-6,8,10,12H2,1-2H3,(H2,21,22,24,25)/t14-/m1/s1. The topological polar surface area (TPSA) is 105 Å². The van der Waals surface area contributed by atoms with Gasteiger partial charge in [-0.05, 0) is 25.8 Å². The van der Waals surface area contributed by atoms with Gasteiger partial charge in [0, 0.05) is 43.8 Å². The van der Waals surface area contributed by atoms with Gasteiger partial charge >= 0.3 is 0 Å². The lowest BCUT2D eigenvalue weighted by atomic mass is 10.1. The molecule has 2 N–H and O–H groups in total. The highest BCUT2D eigenvalue weighted by Crippen LogP contribution is 2.20. The van der Waals surface area contributed by atoms with Crippen molar-refractivity contribution >= 4 is 27.3 Å². The second-order valence-electron chi connectivity index (χ2n) is 7.66. The third-order valence-electron chi connectivity index (χ3n) is 4.89. The van der Waals surface area contributed by atoms with Crippen LogP contribution in [-0.2, 0) is 16.4 Å². The van der Waals surface area contributed by atoms with E-state index in [2.05, 4.69) is 30.6 Å². The van der Waals surface area contributed by atoms with Crippen molar-refractivity contribution in [3.8, 4) is 0 Å². The van der Waals surface area contributed by atoms with Gasteiger partial charge in [0.1, 0.15) is 22.2 Å². The van der Waals surface area contributed by atoms with Crippen LogP contribution in [0.15, 0.2) is 18.6 Å². The quantitative estimate of drug-likeness (QED) is 0.573. The first-order valence-electron chi connectivity index (χ1n) is 9.73. The molecule has 3 heterocycles. The fourth-order valence-corrected chi connectivity index (χ4v) is 3.89. The summed E-state index contributed by atoms with van der Waals surface area (Å²) in [5, 5.41) is 10.2. The van der Waals surface area contributed by atoms with Crippen molar-refractivity contribution in [1.29, 1.82) is 0 Å². The number of alkyl halides is 2. The molecule has 1 saturated heterocycles. The van der Waals surface area contributed by atoms with Gasteiger partial charge in [0.2, 0.25) is 5.95 Å². The Morgan fingerprint density at radius 2 is 2.13 bits per heavy atom. The van der Waals surface area contributed by atoms with E-state index in [0.717, 1.165) is 36.3 Å². The van der Waals surface area contributed by atoms with Crippen LogP contribution in [0.3, 0.4) is 0 Å². The Hall–Kier alpha value is -2.34. The molecule has 0 spiro atoms. The van der Waals surface area contributed by atoms with Crippen molar-refractivity contribution in [2.24, 2.45) is 5.92 Å². The Bertz CT molecular complexity index is 952. The van der Waals surface area contributed by atoms with Gasteiger partial charge in [0.15, 0.2) is 0 Å². The molecule has 0 amide bonds. The molecule has 0 bridgehead atoms. The number of anilines is 3. The smallest absolute Gasteiger partial charge is 0.257 e. The number of aryl methyl sites for hydroxylation is 1. The van der Waals surface area contributed by atoms with Crippen molar-refractivity contribution in [2.45, 2.75) is 26.3 Å². The van der Waals surface area contributed by atoms with Gasteiger partial charge in [-0.2, -0.15) is 10.1 Å². The van der Waals surface area contributed by atoms with Crippen molar-refractivity contribution in [2.75, 3.05) is 48.8 Å². The molecule has 30 heavy (non-hydrogen) atoms. The molecule has 9 nitrogen and oxygen atoms in total. The third-order valence-corrected chi connectivity index (χ3v) is 5.82. The highest BCUT2D eigenvalue weighted by atomic mass is 32.2. The van der Waals surface area contributed by atoms with Crippen molar-refractivity contribution in [3.05, 3.63) is 24.2 Å². The van der Waals surface area contributed by atoms with Gasteiger partial charge in [-0.3, -0.25) is 4.68 Å². The van der Waals surface area contributed by atoms with Gasteiger partial charge < -0.3 is 15.5 Å². The molecular weight excluding hydrogens is 416 g/mol. The van der Waals surface area contributed by atoms with Gasteiger partial charge in [-0.15, -0.1) is 0 Å². The van der Waals surface area contributed by atoms with Crippen molar-refractivity contribution in [1.82, 2.24) is 24.6 Å². The van der Waals surface area contributed by atoms with E-state index in [-0.39, 0.29) is 5.75 Å². The number of nitrogens with one attached hydrogen (secondary N) is 2. The van der Waals surface area contributed by atoms with Gasteiger partial charge in [-0.1, -0.05) is 0 Å². The van der Waals surface area contributed by atoms with Crippen LogP contribution >= 0.6 is 0 Å². The van der Waals surface area contributed by atoms with Gasteiger partial charge in [0.05, 0.1) is 17.6 Å². The highest BCUT2D eigenvalue weighted by Gasteiger charge is 2.23. The normalized spacial score (nSPS) is 17.6. The summed E-state index contributed by atoms with van der Waals surface area (Å²) in [4.78, 5) is 10.9. The molecule has 1 fully saturated rings. The van der Waals surface area contributed by atoms with Crippen LogP contribution in [0, 0.1) is 12.8 Å². The molecule has 0 unspecified atom stereocenters. The second-order valence-corrected chi connectivity index (χ2v) is 9.92. The van der Waals surface area contributed by atoms with Crippen LogP contribution in [0.2, 0.25) is 0 Å². The lowest BCUT2D eigenvalue weighted by Crippen LogP contribution is -2.28. The SMILES string of the molecule is Cc1cnc(Nc2cnn(CC(F)F)c2)nc1NC[C@H]1CCN(CCS(C)(=O)=O)C1. The Kier molecular flexibility index (Phi) is 7.19. The summed E-state index contributed by atoms with van der Waals surface area (Å²) >= 11 is 0. The second kappa shape index (κ2) is 9.65. The molecule has 0 saturated carbocycles. The van der Waals surface area contributed by atoms with Crippen LogP contribution in [0.1, 0.15) is 12.0 Å². The van der Waals surface area contributed by atoms with Crippen molar-refractivity contribution < 1.29 is 17.2 Å². The molecule has 2 aromatic rings. The summed E-state index contributed by atoms with van der Waals surface area (Å²) in [5.74, 6) is 1.63. The Labute approximate surface area is 174 Å². The summed E-state index contributed by atoms with van der Waals surface area (Å²) < 4.78 is 48.7. The maximum absolute atomic E-state index is 12.4. The zero-order chi connectivity index (χ0) is 21.7. The minimum Gasteiger partial charge on any atom is -0.369 e. The number of rotatable bonds is 10. The Morgan fingerprint density at radius 3 is 2.87 bits per heavy atom. The van der Waals surface area contributed by atoms with Gasteiger partial charge in [-0.25, -0.2) is 22.2 Å². The number of hydrogen-bond donors (Lipinski definition) is 2. The van der Waals surface area contributed by atoms with Gasteiger partial charge in [0.25, 0.3) is 6.43 Å². The molecule has 0 radical (unpaired) electrons. The molecule has 0 aromatic carbocycles. The molecule has 2 aromatic heterocycles. The van der Waals surface area contributed by atoms with Crippen LogP contribution in [-0.4, -0.2) is 77.7 Å². The molecule has 1 atom stereocenters. The number of hydrogen-bond acceptors (Lipinski definition) is 8. The number of halogens is 2. The number of likely N-dealkylation sites (tertiary alicyclic amines) is 1. The predicted molar refractivity (Wildman–Crippen MR) is 111 cm³/mol. The van der Waals surface area contributed by atoms with E-state index >= 15 is 0 Å². The molecule has 1 aliphatic rings. The third kappa shape index (κ3) is 6.87. The van der Waals surface area contributed by atoms with E-state index in [0.29, 0.717) is 29.9 Å². The summed E-state index contributed by atoms with van der Waals surface area (Å²) in [7, 11) is -2.95. The lowest BCUT2D eigenvalue weighted by Gasteiger charge is -2.16. The maximum Gasteiger partial charge on any atom is 0.257 e. The lowest BCUT2D eigenvalue weighted by molar-refractivity contribution is 0.122. The van der Waals surface area contributed by atoms with E-state index in [9.17, 15) is 17.2 Å². The molecule has 3 rings (SSSR count). The highest BCUT2D eigenvalue weighted by molar-refractivity contribution is 7.90. The first kappa shape index (κ1) is 22.3. The molecular formula is C18H27F2N7O2S. The molecule has 1 aliphatic heterocycles. The zero-order valence-electron chi connectivity index (χ0n) is 17.1. The molecule has 12 heteroatoms. The van der Waals surface area contributed by atoms with Crippen LogP contribution in [0.4, 0.5) is 26.2 Å². The van der Waals surface area contributed by atoms with E-state index in [1.165, 1.54) is 18.6 Å². The maximum atomic E-state index is 12.4. The van der Waals surface area contributed by atoms with E-state index < -0.39 is 22.8 Å². The summed E-state index contributed by atoms with van der Waals surface area (Å²) in [6, 6.07) is 0. The summed E-state index contributed by atoms with van der Waals surface area (Å²) in [6.45, 7) is 4.46. The first-order chi connectivity index (χ1) is 14.2. The van der Waals surface area contributed by atoms with Crippen LogP contribution < -0.4 is 10.6 Å². The number of sulfone groups is 1. The van der Waals surface area contributed by atoms with Crippen LogP contribution in [0.25, 0.3) is 0 Å². The minimum atomic E-state index is -2.95. The average molecular weight is 444 g/mol. The number of nitrogens with zero attached hydrogens (tertiary/aromatic N) is 5. The Balaban J connectivity index is 1.52. The zero-order valence-corrected chi connectivity index (χ0v) is 17.9. The minimum absolute atomic E-state index is 0.182. The van der Waals surface area contributed by atoms with Crippen LogP contribution in [0.5, 0.6) is 0 Å². The fraction of sp³-hybridized carbons (Fsp3) is 0.611. The average Bonchev–Trinajstić information content (AvgIpc) is 3.29. The summed E-state index contributed by atoms with van der Waals surface area (Å²) in [5.41, 5.74) is 1.42. The fourth-order valence-electron chi connectivity index (χ4n) is 3.30. The molecule has 166 valence electrons. The summed E-state index contributed by atoms with van der Waals surface area (Å²) in [6.07, 6.45) is 4.40. The van der Waals surface area contributed by atoms with E-state index in [1.54, 1.807) is 6.20 Å². The first-order valence-corrected chi connectivity index (χ1v) is 11.8. The predicted octanol–water partition coefficient (Wildman–Crippen LogP) is 1.77. The van der Waals surface area contributed by atoms with E-state index in [1.807, 2.05) is 6.92 Å².